The molecular weight excluding hydrogens is 272 g/mol. The molecular formula is C19H19N2O+. The van der Waals surface area contributed by atoms with Gasteiger partial charge in [0, 0.05) is 5.56 Å². The molecule has 1 aromatic heterocycles. The molecule has 0 bridgehead atoms. The Labute approximate surface area is 130 Å². The monoisotopic (exact) mass is 291 g/mol. The lowest BCUT2D eigenvalue weighted by Gasteiger charge is -2.04. The molecule has 0 saturated carbocycles. The largest absolute Gasteiger partial charge is 0.290 e. The van der Waals surface area contributed by atoms with E-state index in [1.807, 2.05) is 71.8 Å². The number of fused-ring (bicyclic) bond motifs is 1. The van der Waals surface area contributed by atoms with E-state index in [1.165, 1.54) is 5.56 Å². The maximum Gasteiger partial charge on any atom is 0.249 e. The molecule has 0 saturated heterocycles. The third-order valence-corrected chi connectivity index (χ3v) is 3.93. The number of nitrogens with zero attached hydrogens (tertiary/aromatic N) is 2. The van der Waals surface area contributed by atoms with Crippen molar-refractivity contribution in [3.63, 3.8) is 0 Å². The SMILES string of the molecule is C=Cn1c[n+](CC(=O)c2ccc(C)cc2C)c2ccccc21. The number of hydrogen-bond acceptors (Lipinski definition) is 1. The number of carbonyl (C=O) groups excluding carboxylic acids is 1. The van der Waals surface area contributed by atoms with Gasteiger partial charge in [0.05, 0.1) is 6.20 Å². The van der Waals surface area contributed by atoms with Gasteiger partial charge >= 0.3 is 0 Å². The van der Waals surface area contributed by atoms with E-state index in [-0.39, 0.29) is 5.78 Å². The van der Waals surface area contributed by atoms with Gasteiger partial charge in [-0.05, 0) is 31.5 Å². The zero-order chi connectivity index (χ0) is 15.7. The number of imidazole rings is 1. The summed E-state index contributed by atoms with van der Waals surface area (Å²) in [6, 6.07) is 14.0. The van der Waals surface area contributed by atoms with Crippen LogP contribution < -0.4 is 4.57 Å². The summed E-state index contributed by atoms with van der Waals surface area (Å²) >= 11 is 0. The van der Waals surface area contributed by atoms with Crippen molar-refractivity contribution in [3.05, 3.63) is 72.1 Å². The van der Waals surface area contributed by atoms with Crippen LogP contribution in [0.1, 0.15) is 21.5 Å². The predicted molar refractivity (Wildman–Crippen MR) is 88.8 cm³/mol. The molecule has 0 unspecified atom stereocenters. The molecule has 3 rings (SSSR count). The summed E-state index contributed by atoms with van der Waals surface area (Å²) in [5, 5.41) is 0. The molecule has 0 aliphatic carbocycles. The molecule has 0 aliphatic rings. The summed E-state index contributed by atoms with van der Waals surface area (Å²) in [7, 11) is 0. The van der Waals surface area contributed by atoms with E-state index in [0.717, 1.165) is 22.2 Å². The first-order chi connectivity index (χ1) is 10.6. The Morgan fingerprint density at radius 2 is 2.00 bits per heavy atom. The molecule has 0 amide bonds. The van der Waals surface area contributed by atoms with Gasteiger partial charge in [-0.2, -0.15) is 0 Å². The molecule has 0 spiro atoms. The molecule has 0 radical (unpaired) electrons. The second kappa shape index (κ2) is 5.60. The topological polar surface area (TPSA) is 25.9 Å². The van der Waals surface area contributed by atoms with Crippen LogP contribution in [0.15, 0.2) is 55.4 Å². The van der Waals surface area contributed by atoms with Crippen molar-refractivity contribution in [2.75, 3.05) is 0 Å². The van der Waals surface area contributed by atoms with E-state index >= 15 is 0 Å². The number of para-hydroxylation sites is 2. The molecule has 1 heterocycles. The first-order valence-corrected chi connectivity index (χ1v) is 7.32. The molecule has 22 heavy (non-hydrogen) atoms. The minimum Gasteiger partial charge on any atom is -0.290 e. The molecule has 0 aliphatic heterocycles. The minimum atomic E-state index is 0.120. The number of ketones is 1. The predicted octanol–water partition coefficient (Wildman–Crippen LogP) is 3.53. The van der Waals surface area contributed by atoms with Gasteiger partial charge in [-0.3, -0.25) is 4.79 Å². The van der Waals surface area contributed by atoms with Gasteiger partial charge in [-0.25, -0.2) is 9.13 Å². The summed E-state index contributed by atoms with van der Waals surface area (Å²) in [4.78, 5) is 12.6. The van der Waals surface area contributed by atoms with Crippen molar-refractivity contribution < 1.29 is 9.36 Å². The van der Waals surface area contributed by atoms with Crippen LogP contribution in [-0.4, -0.2) is 10.4 Å². The van der Waals surface area contributed by atoms with E-state index < -0.39 is 0 Å². The highest BCUT2D eigenvalue weighted by Gasteiger charge is 2.18. The highest BCUT2D eigenvalue weighted by molar-refractivity contribution is 5.96. The molecule has 3 aromatic rings. The van der Waals surface area contributed by atoms with Crippen molar-refractivity contribution in [1.29, 1.82) is 0 Å². The molecule has 2 aromatic carbocycles. The zero-order valence-corrected chi connectivity index (χ0v) is 12.9. The summed E-state index contributed by atoms with van der Waals surface area (Å²) in [5.41, 5.74) is 5.06. The number of aryl methyl sites for hydroxylation is 2. The average Bonchev–Trinajstić information content (AvgIpc) is 2.85. The maximum absolute atomic E-state index is 12.6. The van der Waals surface area contributed by atoms with E-state index in [1.54, 1.807) is 6.20 Å². The second-order valence-corrected chi connectivity index (χ2v) is 5.56. The van der Waals surface area contributed by atoms with Gasteiger partial charge < -0.3 is 0 Å². The lowest BCUT2D eigenvalue weighted by Crippen LogP contribution is -2.36. The van der Waals surface area contributed by atoms with Gasteiger partial charge in [0.25, 0.3) is 0 Å². The standard InChI is InChI=1S/C19H19N2O/c1-4-20-13-21(18-8-6-5-7-17(18)20)12-19(22)16-10-9-14(2)11-15(16)3/h4-11,13H,1,12H2,2-3H3/q+1. The summed E-state index contributed by atoms with van der Waals surface area (Å²) < 4.78 is 3.91. The van der Waals surface area contributed by atoms with Crippen molar-refractivity contribution in [3.8, 4) is 0 Å². The van der Waals surface area contributed by atoms with Gasteiger partial charge in [-0.1, -0.05) is 42.5 Å². The first kappa shape index (κ1) is 14.3. The fourth-order valence-corrected chi connectivity index (χ4v) is 2.84. The van der Waals surface area contributed by atoms with Crippen LogP contribution in [0.2, 0.25) is 0 Å². The second-order valence-electron chi connectivity index (χ2n) is 5.56. The van der Waals surface area contributed by atoms with Gasteiger partial charge in [0.15, 0.2) is 17.6 Å². The Morgan fingerprint density at radius 1 is 1.23 bits per heavy atom. The number of Topliss-reactive ketones (excluding diaryl/α,β-unsaturated/α-hetero) is 1. The molecule has 0 atom stereocenters. The molecule has 0 fully saturated rings. The Kier molecular flexibility index (Phi) is 3.63. The number of rotatable bonds is 4. The molecule has 3 heteroatoms. The van der Waals surface area contributed by atoms with Crippen LogP contribution in [0.3, 0.4) is 0 Å². The van der Waals surface area contributed by atoms with Crippen LogP contribution in [0.4, 0.5) is 0 Å². The number of carbonyl (C=O) groups is 1. The molecule has 3 nitrogen and oxygen atoms in total. The fourth-order valence-electron chi connectivity index (χ4n) is 2.84. The lowest BCUT2D eigenvalue weighted by molar-refractivity contribution is -0.657. The molecule has 0 N–H and O–H groups in total. The van der Waals surface area contributed by atoms with Crippen molar-refractivity contribution in [2.24, 2.45) is 0 Å². The van der Waals surface area contributed by atoms with Gasteiger partial charge in [-0.15, -0.1) is 0 Å². The average molecular weight is 291 g/mol. The van der Waals surface area contributed by atoms with Crippen molar-refractivity contribution >= 4 is 23.0 Å². The molecule has 110 valence electrons. The highest BCUT2D eigenvalue weighted by atomic mass is 16.1. The summed E-state index contributed by atoms with van der Waals surface area (Å²) in [6.45, 7) is 8.16. The van der Waals surface area contributed by atoms with E-state index in [9.17, 15) is 4.79 Å². The number of benzene rings is 2. The summed E-state index contributed by atoms with van der Waals surface area (Å²) in [6.07, 6.45) is 3.67. The fraction of sp³-hybridized carbons (Fsp3) is 0.158. The Bertz CT molecular complexity index is 874. The smallest absolute Gasteiger partial charge is 0.249 e. The number of aromatic nitrogens is 2. The van der Waals surface area contributed by atoms with Crippen LogP contribution in [0.5, 0.6) is 0 Å². The third kappa shape index (κ3) is 2.46. The third-order valence-electron chi connectivity index (χ3n) is 3.93. The summed E-state index contributed by atoms with van der Waals surface area (Å²) in [5.74, 6) is 0.120. The van der Waals surface area contributed by atoms with Gasteiger partial charge in [0.2, 0.25) is 12.1 Å². The zero-order valence-electron chi connectivity index (χ0n) is 12.9. The Hall–Kier alpha value is -2.68. The maximum atomic E-state index is 12.6. The van der Waals surface area contributed by atoms with E-state index in [4.69, 9.17) is 0 Å². The Morgan fingerprint density at radius 3 is 2.73 bits per heavy atom. The van der Waals surface area contributed by atoms with Crippen LogP contribution >= 0.6 is 0 Å². The first-order valence-electron chi connectivity index (χ1n) is 7.32. The minimum absolute atomic E-state index is 0.120. The van der Waals surface area contributed by atoms with E-state index in [2.05, 4.69) is 6.58 Å². The Balaban J connectivity index is 1.99. The lowest BCUT2D eigenvalue weighted by atomic mass is 10.0. The van der Waals surface area contributed by atoms with Crippen molar-refractivity contribution in [2.45, 2.75) is 20.4 Å². The number of hydrogen-bond donors (Lipinski definition) is 0. The van der Waals surface area contributed by atoms with Crippen LogP contribution in [0, 0.1) is 13.8 Å². The van der Waals surface area contributed by atoms with Crippen LogP contribution in [0.25, 0.3) is 17.2 Å². The van der Waals surface area contributed by atoms with Crippen LogP contribution in [-0.2, 0) is 6.54 Å². The normalized spacial score (nSPS) is 10.8. The van der Waals surface area contributed by atoms with Gasteiger partial charge in [0.1, 0.15) is 0 Å². The quantitative estimate of drug-likeness (QED) is 0.533. The van der Waals surface area contributed by atoms with E-state index in [0.29, 0.717) is 6.54 Å². The van der Waals surface area contributed by atoms with Crippen molar-refractivity contribution in [1.82, 2.24) is 4.57 Å². The highest BCUT2D eigenvalue weighted by Crippen LogP contribution is 2.14.